The molecule has 0 unspecified atom stereocenters. The van der Waals surface area contributed by atoms with Crippen LogP contribution in [0.1, 0.15) is 12.5 Å². The van der Waals surface area contributed by atoms with Crippen molar-refractivity contribution in [2.45, 2.75) is 13.3 Å². The Labute approximate surface area is 111 Å². The quantitative estimate of drug-likeness (QED) is 0.759. The largest absolute Gasteiger partial charge is 0.358 e. The number of allylic oxidation sites excluding steroid dienone is 3. The van der Waals surface area contributed by atoms with E-state index in [9.17, 15) is 0 Å². The van der Waals surface area contributed by atoms with E-state index in [1.54, 1.807) is 0 Å². The van der Waals surface area contributed by atoms with Crippen molar-refractivity contribution < 1.29 is 0 Å². The van der Waals surface area contributed by atoms with Gasteiger partial charge in [0.05, 0.1) is 16.7 Å². The molecule has 0 spiro atoms. The lowest BCUT2D eigenvalue weighted by Gasteiger charge is -2.17. The van der Waals surface area contributed by atoms with Crippen molar-refractivity contribution in [1.29, 1.82) is 0 Å². The third kappa shape index (κ3) is 1.46. The lowest BCUT2D eigenvalue weighted by molar-refractivity contribution is 1.12. The van der Waals surface area contributed by atoms with Gasteiger partial charge in [0.1, 0.15) is 0 Å². The summed E-state index contributed by atoms with van der Waals surface area (Å²) in [5.41, 5.74) is 3.54. The van der Waals surface area contributed by atoms with Crippen molar-refractivity contribution in [1.82, 2.24) is 0 Å². The van der Waals surface area contributed by atoms with Gasteiger partial charge in [-0.15, -0.1) is 0 Å². The molecule has 2 aliphatic rings. The molecule has 19 heavy (non-hydrogen) atoms. The standard InChI is InChI=1S/C17H14N2/c1-11-10-18-16-14-8-4-2-6-12(14)13-7-3-5-9-15(13)17(16)19-11/h2-6,8-10,18H,7H2,1H3. The number of rotatable bonds is 0. The van der Waals surface area contributed by atoms with E-state index in [1.165, 1.54) is 21.6 Å². The molecule has 2 aromatic rings. The van der Waals surface area contributed by atoms with Crippen LogP contribution in [0.2, 0.25) is 0 Å². The maximum absolute atomic E-state index is 4.74. The van der Waals surface area contributed by atoms with Gasteiger partial charge in [0.2, 0.25) is 0 Å². The van der Waals surface area contributed by atoms with E-state index < -0.39 is 0 Å². The fourth-order valence-corrected chi connectivity index (χ4v) is 2.91. The lowest BCUT2D eigenvalue weighted by Crippen LogP contribution is -2.34. The summed E-state index contributed by atoms with van der Waals surface area (Å²) < 4.78 is 0. The molecular weight excluding hydrogens is 232 g/mol. The second-order valence-corrected chi connectivity index (χ2v) is 5.00. The minimum Gasteiger partial charge on any atom is -0.358 e. The molecule has 0 fully saturated rings. The molecular formula is C17H14N2. The highest BCUT2D eigenvalue weighted by atomic mass is 14.9. The molecule has 1 heterocycles. The Hall–Kier alpha value is -2.35. The predicted octanol–water partition coefficient (Wildman–Crippen LogP) is 2.64. The molecule has 2 aromatic carbocycles. The summed E-state index contributed by atoms with van der Waals surface area (Å²) in [4.78, 5) is 4.74. The van der Waals surface area contributed by atoms with E-state index in [0.717, 1.165) is 23.2 Å². The molecule has 0 saturated carbocycles. The molecule has 2 heteroatoms. The Balaban J connectivity index is 2.31. The number of anilines is 1. The van der Waals surface area contributed by atoms with Gasteiger partial charge in [-0.25, -0.2) is 4.99 Å². The zero-order valence-electron chi connectivity index (χ0n) is 10.8. The van der Waals surface area contributed by atoms with Crippen LogP contribution in [0.4, 0.5) is 5.69 Å². The fraction of sp³-hybridized carbons (Fsp3) is 0.118. The number of nitrogens with one attached hydrogen (secondary N) is 1. The molecule has 92 valence electrons. The van der Waals surface area contributed by atoms with Gasteiger partial charge in [-0.2, -0.15) is 0 Å². The van der Waals surface area contributed by atoms with E-state index in [1.807, 2.05) is 13.1 Å². The Bertz CT molecular complexity index is 870. The molecule has 1 N–H and O–H groups in total. The van der Waals surface area contributed by atoms with Crippen LogP contribution in [0.25, 0.3) is 16.8 Å². The molecule has 1 aliphatic heterocycles. The van der Waals surface area contributed by atoms with E-state index in [4.69, 9.17) is 4.99 Å². The smallest absolute Gasteiger partial charge is 0.0949 e. The average Bonchev–Trinajstić information content (AvgIpc) is 2.47. The fourth-order valence-electron chi connectivity index (χ4n) is 2.91. The predicted molar refractivity (Wildman–Crippen MR) is 79.4 cm³/mol. The summed E-state index contributed by atoms with van der Waals surface area (Å²) in [6.07, 6.45) is 9.46. The topological polar surface area (TPSA) is 24.4 Å². The zero-order valence-corrected chi connectivity index (χ0v) is 10.8. The lowest BCUT2D eigenvalue weighted by atomic mass is 9.94. The van der Waals surface area contributed by atoms with Gasteiger partial charge in [0.15, 0.2) is 0 Å². The number of hydrogen-bond acceptors (Lipinski definition) is 2. The normalized spacial score (nSPS) is 15.7. The van der Waals surface area contributed by atoms with Crippen LogP contribution in [0, 0.1) is 0 Å². The first kappa shape index (κ1) is 10.6. The first-order valence-corrected chi connectivity index (χ1v) is 6.57. The van der Waals surface area contributed by atoms with E-state index in [-0.39, 0.29) is 0 Å². The number of nitrogens with zero attached hydrogens (tertiary/aromatic N) is 1. The van der Waals surface area contributed by atoms with Crippen LogP contribution in [-0.4, -0.2) is 0 Å². The van der Waals surface area contributed by atoms with Gasteiger partial charge in [-0.1, -0.05) is 42.5 Å². The zero-order chi connectivity index (χ0) is 12.8. The minimum atomic E-state index is 0.984. The maximum Gasteiger partial charge on any atom is 0.0949 e. The van der Waals surface area contributed by atoms with Crippen LogP contribution in [0.5, 0.6) is 0 Å². The highest BCUT2D eigenvalue weighted by Gasteiger charge is 2.14. The third-order valence-corrected chi connectivity index (χ3v) is 3.77. The SMILES string of the molecule is CC1=CNc2c(c3c(c4ccccc24)CC=CC=3)=N1. The second kappa shape index (κ2) is 3.82. The molecule has 0 atom stereocenters. The van der Waals surface area contributed by atoms with Crippen LogP contribution < -0.4 is 15.9 Å². The Morgan fingerprint density at radius 2 is 2.00 bits per heavy atom. The highest BCUT2D eigenvalue weighted by molar-refractivity contribution is 5.97. The summed E-state index contributed by atoms with van der Waals surface area (Å²) in [6, 6.07) is 8.57. The van der Waals surface area contributed by atoms with Gasteiger partial charge in [0.25, 0.3) is 0 Å². The Morgan fingerprint density at radius 3 is 2.89 bits per heavy atom. The summed E-state index contributed by atoms with van der Waals surface area (Å²) in [6.45, 7) is 2.02. The summed E-state index contributed by atoms with van der Waals surface area (Å²) >= 11 is 0. The van der Waals surface area contributed by atoms with E-state index >= 15 is 0 Å². The summed E-state index contributed by atoms with van der Waals surface area (Å²) in [5.74, 6) is 0. The first-order valence-electron chi connectivity index (χ1n) is 6.57. The Morgan fingerprint density at radius 1 is 1.16 bits per heavy atom. The number of fused-ring (bicyclic) bond motifs is 6. The highest BCUT2D eigenvalue weighted by Crippen LogP contribution is 2.24. The van der Waals surface area contributed by atoms with Gasteiger partial charge in [-0.05, 0) is 24.3 Å². The summed E-state index contributed by atoms with van der Waals surface area (Å²) in [5, 5.41) is 8.33. The van der Waals surface area contributed by atoms with Crippen molar-refractivity contribution in [2.75, 3.05) is 5.32 Å². The van der Waals surface area contributed by atoms with E-state index in [2.05, 4.69) is 47.8 Å². The second-order valence-electron chi connectivity index (χ2n) is 5.00. The first-order chi connectivity index (χ1) is 9.34. The van der Waals surface area contributed by atoms with E-state index in [0.29, 0.717) is 0 Å². The maximum atomic E-state index is 4.74. The molecule has 1 aliphatic carbocycles. The van der Waals surface area contributed by atoms with Crippen LogP contribution in [-0.2, 0) is 6.42 Å². The molecule has 0 aromatic heterocycles. The van der Waals surface area contributed by atoms with Crippen molar-refractivity contribution in [2.24, 2.45) is 4.99 Å². The molecule has 2 nitrogen and oxygen atoms in total. The molecule has 4 rings (SSSR count). The molecule has 0 radical (unpaired) electrons. The molecule has 0 saturated heterocycles. The monoisotopic (exact) mass is 246 g/mol. The van der Waals surface area contributed by atoms with Gasteiger partial charge in [0, 0.05) is 16.8 Å². The average molecular weight is 246 g/mol. The van der Waals surface area contributed by atoms with Gasteiger partial charge in [-0.3, -0.25) is 0 Å². The van der Waals surface area contributed by atoms with Crippen molar-refractivity contribution >= 4 is 22.5 Å². The van der Waals surface area contributed by atoms with Crippen molar-refractivity contribution in [3.63, 3.8) is 0 Å². The van der Waals surface area contributed by atoms with Crippen molar-refractivity contribution in [3.8, 4) is 0 Å². The third-order valence-electron chi connectivity index (χ3n) is 3.77. The van der Waals surface area contributed by atoms with Crippen molar-refractivity contribution in [3.05, 3.63) is 64.5 Å². The number of benzene rings is 2. The van der Waals surface area contributed by atoms with Gasteiger partial charge >= 0.3 is 0 Å². The molecule has 0 amide bonds. The minimum absolute atomic E-state index is 0.984. The summed E-state index contributed by atoms with van der Waals surface area (Å²) in [7, 11) is 0. The van der Waals surface area contributed by atoms with Crippen LogP contribution in [0.3, 0.4) is 0 Å². The molecule has 0 bridgehead atoms. The Kier molecular flexibility index (Phi) is 2.12. The van der Waals surface area contributed by atoms with Gasteiger partial charge < -0.3 is 5.32 Å². The van der Waals surface area contributed by atoms with Crippen LogP contribution in [0.15, 0.2) is 53.3 Å². The van der Waals surface area contributed by atoms with Crippen LogP contribution >= 0.6 is 0 Å². The number of hydrogen-bond donors (Lipinski definition) is 1.